The van der Waals surface area contributed by atoms with Gasteiger partial charge in [-0.05, 0) is 55.3 Å². The van der Waals surface area contributed by atoms with Crippen LogP contribution in [0.15, 0.2) is 53.3 Å². The van der Waals surface area contributed by atoms with Gasteiger partial charge in [0.2, 0.25) is 0 Å². The van der Waals surface area contributed by atoms with Crippen LogP contribution in [0.5, 0.6) is 11.5 Å². The number of aliphatic hydroxyl groups excluding tert-OH is 1. The summed E-state index contributed by atoms with van der Waals surface area (Å²) in [6.45, 7) is 3.04. The normalized spacial score (nSPS) is 12.1. The van der Waals surface area contributed by atoms with E-state index < -0.39 is 6.10 Å². The summed E-state index contributed by atoms with van der Waals surface area (Å²) >= 11 is 0. The lowest BCUT2D eigenvalue weighted by Crippen LogP contribution is -2.31. The lowest BCUT2D eigenvalue weighted by molar-refractivity contribution is 0.154. The van der Waals surface area contributed by atoms with Crippen molar-refractivity contribution >= 4 is 16.7 Å². The van der Waals surface area contributed by atoms with Gasteiger partial charge in [-0.25, -0.2) is 0 Å². The standard InChI is InChI=1S/C26H28N4O4/c1-17-12-25(32)30-22-7-5-4-6-21(22)29(26(30)20(17)14-27)16-19(31)15-28-11-10-18-8-9-23(33-2)24(13-18)34-3/h4-9,12-13,19,28,31H,10-11,15-16H2,1-3H3/t19-/m1/s1. The Morgan fingerprint density at radius 2 is 1.82 bits per heavy atom. The zero-order valence-corrected chi connectivity index (χ0v) is 19.5. The first-order valence-corrected chi connectivity index (χ1v) is 11.1. The molecule has 0 amide bonds. The fourth-order valence-electron chi connectivity index (χ4n) is 4.33. The number of hydrogen-bond acceptors (Lipinski definition) is 6. The lowest BCUT2D eigenvalue weighted by atomic mass is 10.1. The molecule has 0 aliphatic rings. The highest BCUT2D eigenvalue weighted by atomic mass is 16.5. The molecule has 0 fully saturated rings. The number of aryl methyl sites for hydroxylation is 1. The van der Waals surface area contributed by atoms with Gasteiger partial charge in [0.15, 0.2) is 11.5 Å². The number of nitrogens with one attached hydrogen (secondary N) is 1. The fourth-order valence-corrected chi connectivity index (χ4v) is 4.33. The first kappa shape index (κ1) is 23.4. The van der Waals surface area contributed by atoms with E-state index in [0.29, 0.717) is 46.9 Å². The van der Waals surface area contributed by atoms with Crippen LogP contribution in [0.4, 0.5) is 0 Å². The SMILES string of the molecule is COc1ccc(CCNC[C@@H](O)Cn2c3ccccc3n3c(=O)cc(C)c(C#N)c23)cc1OC. The molecule has 8 nitrogen and oxygen atoms in total. The number of hydrogen-bond donors (Lipinski definition) is 2. The van der Waals surface area contributed by atoms with Gasteiger partial charge in [-0.15, -0.1) is 0 Å². The van der Waals surface area contributed by atoms with Gasteiger partial charge in [-0.1, -0.05) is 18.2 Å². The summed E-state index contributed by atoms with van der Waals surface area (Å²) in [5.74, 6) is 1.37. The zero-order valence-electron chi connectivity index (χ0n) is 19.5. The molecule has 0 bridgehead atoms. The Kier molecular flexibility index (Phi) is 6.87. The molecule has 2 aromatic carbocycles. The van der Waals surface area contributed by atoms with E-state index in [9.17, 15) is 15.2 Å². The van der Waals surface area contributed by atoms with Gasteiger partial charge in [0.25, 0.3) is 5.56 Å². The number of pyridine rings is 1. The summed E-state index contributed by atoms with van der Waals surface area (Å²) < 4.78 is 14.0. The molecule has 34 heavy (non-hydrogen) atoms. The smallest absolute Gasteiger partial charge is 0.257 e. The molecule has 0 aliphatic heterocycles. The molecule has 2 heterocycles. The van der Waals surface area contributed by atoms with Gasteiger partial charge in [0, 0.05) is 12.6 Å². The molecule has 0 saturated heterocycles. The molecule has 4 aromatic rings. The number of ether oxygens (including phenoxy) is 2. The number of fused-ring (bicyclic) bond motifs is 3. The maximum Gasteiger partial charge on any atom is 0.257 e. The predicted octanol–water partition coefficient (Wildman–Crippen LogP) is 2.64. The van der Waals surface area contributed by atoms with Gasteiger partial charge in [-0.2, -0.15) is 5.26 Å². The molecule has 0 radical (unpaired) electrons. The van der Waals surface area contributed by atoms with Crippen LogP contribution in [0.3, 0.4) is 0 Å². The average Bonchev–Trinajstić information content (AvgIpc) is 3.16. The monoisotopic (exact) mass is 460 g/mol. The second-order valence-electron chi connectivity index (χ2n) is 8.21. The largest absolute Gasteiger partial charge is 0.493 e. The Hall–Kier alpha value is -3.80. The third-order valence-corrected chi connectivity index (χ3v) is 5.98. The molecule has 1 atom stereocenters. The van der Waals surface area contributed by atoms with Crippen LogP contribution in [0, 0.1) is 18.3 Å². The number of benzene rings is 2. The summed E-state index contributed by atoms with van der Waals surface area (Å²) in [7, 11) is 3.22. The minimum Gasteiger partial charge on any atom is -0.493 e. The van der Waals surface area contributed by atoms with Gasteiger partial charge in [0.1, 0.15) is 11.7 Å². The Morgan fingerprint density at radius 3 is 2.53 bits per heavy atom. The maximum absolute atomic E-state index is 12.8. The van der Waals surface area contributed by atoms with Gasteiger partial charge in [-0.3, -0.25) is 9.20 Å². The first-order chi connectivity index (χ1) is 16.5. The Balaban J connectivity index is 1.51. The Morgan fingerprint density at radius 1 is 1.09 bits per heavy atom. The number of methoxy groups -OCH3 is 2. The number of imidazole rings is 1. The molecule has 0 saturated carbocycles. The quantitative estimate of drug-likeness (QED) is 0.373. The fraction of sp³-hybridized carbons (Fsp3) is 0.308. The van der Waals surface area contributed by atoms with Crippen molar-refractivity contribution in [3.8, 4) is 17.6 Å². The summed E-state index contributed by atoms with van der Waals surface area (Å²) in [5.41, 5.74) is 3.99. The van der Waals surface area contributed by atoms with E-state index in [2.05, 4.69) is 11.4 Å². The summed E-state index contributed by atoms with van der Waals surface area (Å²) in [6, 6.07) is 17.0. The number of aliphatic hydroxyl groups is 1. The van der Waals surface area contributed by atoms with E-state index in [-0.39, 0.29) is 12.1 Å². The highest BCUT2D eigenvalue weighted by molar-refractivity contribution is 5.84. The number of para-hydroxylation sites is 2. The van der Waals surface area contributed by atoms with Crippen molar-refractivity contribution in [2.45, 2.75) is 26.0 Å². The highest BCUT2D eigenvalue weighted by Gasteiger charge is 2.19. The van der Waals surface area contributed by atoms with Crippen molar-refractivity contribution in [3.05, 3.63) is 75.6 Å². The molecule has 0 spiro atoms. The van der Waals surface area contributed by atoms with Crippen LogP contribution in [0.1, 0.15) is 16.7 Å². The third kappa shape index (κ3) is 4.36. The van der Waals surface area contributed by atoms with E-state index in [1.807, 2.05) is 47.0 Å². The van der Waals surface area contributed by atoms with E-state index in [0.717, 1.165) is 17.5 Å². The van der Waals surface area contributed by atoms with Crippen molar-refractivity contribution in [3.63, 3.8) is 0 Å². The Bertz CT molecular complexity index is 1430. The van der Waals surface area contributed by atoms with Crippen molar-refractivity contribution in [2.75, 3.05) is 27.3 Å². The van der Waals surface area contributed by atoms with E-state index in [4.69, 9.17) is 9.47 Å². The van der Waals surface area contributed by atoms with Gasteiger partial charge in [0.05, 0.1) is 43.5 Å². The lowest BCUT2D eigenvalue weighted by Gasteiger charge is -2.15. The number of rotatable bonds is 9. The predicted molar refractivity (Wildman–Crippen MR) is 131 cm³/mol. The van der Waals surface area contributed by atoms with Gasteiger partial charge >= 0.3 is 0 Å². The molecular formula is C26H28N4O4. The molecule has 8 heteroatoms. The van der Waals surface area contributed by atoms with Crippen LogP contribution in [-0.2, 0) is 13.0 Å². The molecule has 4 rings (SSSR count). The van der Waals surface area contributed by atoms with Crippen molar-refractivity contribution in [1.29, 1.82) is 5.26 Å². The molecule has 0 aliphatic carbocycles. The zero-order chi connectivity index (χ0) is 24.2. The van der Waals surface area contributed by atoms with Crippen LogP contribution in [-0.4, -0.2) is 47.5 Å². The maximum atomic E-state index is 12.8. The number of nitriles is 1. The molecule has 2 aromatic heterocycles. The van der Waals surface area contributed by atoms with E-state index >= 15 is 0 Å². The van der Waals surface area contributed by atoms with Crippen LogP contribution in [0.25, 0.3) is 16.7 Å². The van der Waals surface area contributed by atoms with Gasteiger partial charge < -0.3 is 24.5 Å². The third-order valence-electron chi connectivity index (χ3n) is 5.98. The second-order valence-corrected chi connectivity index (χ2v) is 8.21. The van der Waals surface area contributed by atoms with Crippen LogP contribution < -0.4 is 20.3 Å². The van der Waals surface area contributed by atoms with Crippen molar-refractivity contribution in [1.82, 2.24) is 14.3 Å². The number of aromatic nitrogens is 2. The molecule has 2 N–H and O–H groups in total. The van der Waals surface area contributed by atoms with E-state index in [1.165, 1.54) is 6.07 Å². The summed E-state index contributed by atoms with van der Waals surface area (Å²) in [6.07, 6.45) is 0.0440. The second kappa shape index (κ2) is 10.00. The van der Waals surface area contributed by atoms with Crippen LogP contribution in [0.2, 0.25) is 0 Å². The van der Waals surface area contributed by atoms with Crippen molar-refractivity contribution < 1.29 is 14.6 Å². The van der Waals surface area contributed by atoms with Crippen LogP contribution >= 0.6 is 0 Å². The average molecular weight is 461 g/mol. The minimum absolute atomic E-state index is 0.191. The number of nitrogens with zero attached hydrogens (tertiary/aromatic N) is 3. The molecule has 0 unspecified atom stereocenters. The summed E-state index contributed by atoms with van der Waals surface area (Å²) in [4.78, 5) is 12.8. The van der Waals surface area contributed by atoms with Crippen molar-refractivity contribution in [2.24, 2.45) is 0 Å². The topological polar surface area (TPSA) is 101 Å². The van der Waals surface area contributed by atoms with E-state index in [1.54, 1.807) is 25.5 Å². The first-order valence-electron chi connectivity index (χ1n) is 11.1. The summed E-state index contributed by atoms with van der Waals surface area (Å²) in [5, 5.41) is 23.9. The molecular weight excluding hydrogens is 432 g/mol. The Labute approximate surface area is 197 Å². The molecule has 176 valence electrons. The minimum atomic E-state index is -0.716. The highest BCUT2D eigenvalue weighted by Crippen LogP contribution is 2.27.